The number of nitrogens with zero attached hydrogens (tertiary/aromatic N) is 2. The fourth-order valence-electron chi connectivity index (χ4n) is 7.56. The van der Waals surface area contributed by atoms with E-state index in [-0.39, 0.29) is 60.9 Å². The molecule has 0 saturated heterocycles. The average Bonchev–Trinajstić information content (AvgIpc) is 3.40. The second kappa shape index (κ2) is 14.3. The highest BCUT2D eigenvalue weighted by Crippen LogP contribution is 2.48. The smallest absolute Gasteiger partial charge is 0.324 e. The number of carbonyl (C=O) groups is 2. The zero-order valence-corrected chi connectivity index (χ0v) is 31.3. The Morgan fingerprint density at radius 2 is 1.43 bits per heavy atom. The molecule has 0 spiro atoms. The SMILES string of the molecule is CCOC(=O)C1(C(=O)OCC)CC(/C=C/C2=[N+](CC)c3ccccc3C2(C)C)=CC(=C/C=C2/N(CC)c3ccccc3C2(C)C)/C1.[I-]. The monoisotopic (exact) mass is 748 g/mol. The summed E-state index contributed by atoms with van der Waals surface area (Å²) in [7, 11) is 0. The van der Waals surface area contributed by atoms with Crippen molar-refractivity contribution in [2.45, 2.75) is 79.1 Å². The van der Waals surface area contributed by atoms with E-state index in [1.54, 1.807) is 13.8 Å². The lowest BCUT2D eigenvalue weighted by molar-refractivity contribution is -0.433. The fourth-order valence-corrected chi connectivity index (χ4v) is 7.56. The van der Waals surface area contributed by atoms with Gasteiger partial charge in [0.15, 0.2) is 11.1 Å². The minimum absolute atomic E-state index is 0. The van der Waals surface area contributed by atoms with Gasteiger partial charge in [0.05, 0.1) is 18.6 Å². The van der Waals surface area contributed by atoms with Gasteiger partial charge in [0, 0.05) is 41.1 Å². The van der Waals surface area contributed by atoms with Crippen molar-refractivity contribution in [1.29, 1.82) is 0 Å². The van der Waals surface area contributed by atoms with Crippen molar-refractivity contribution in [3.8, 4) is 0 Å². The molecule has 250 valence electrons. The Bertz CT molecular complexity index is 1670. The molecule has 3 aliphatic rings. The molecule has 0 saturated carbocycles. The van der Waals surface area contributed by atoms with Gasteiger partial charge in [-0.05, 0) is 83.2 Å². The van der Waals surface area contributed by atoms with E-state index in [2.05, 4.69) is 130 Å². The number of ether oxygens (including phenoxy) is 2. The first-order chi connectivity index (χ1) is 22.0. The number of hydrogen-bond acceptors (Lipinski definition) is 5. The van der Waals surface area contributed by atoms with Crippen molar-refractivity contribution >= 4 is 29.0 Å². The molecule has 6 nitrogen and oxygen atoms in total. The van der Waals surface area contributed by atoms with Crippen LogP contribution in [0.25, 0.3) is 0 Å². The molecule has 0 bridgehead atoms. The van der Waals surface area contributed by atoms with Gasteiger partial charge in [0.2, 0.25) is 5.69 Å². The molecule has 5 rings (SSSR count). The molecule has 2 aromatic carbocycles. The van der Waals surface area contributed by atoms with Crippen LogP contribution in [0, 0.1) is 5.41 Å². The fraction of sp³-hybridized carbons (Fsp3) is 0.425. The molecule has 0 unspecified atom stereocenters. The third-order valence-electron chi connectivity index (χ3n) is 9.86. The molecule has 2 heterocycles. The van der Waals surface area contributed by atoms with Gasteiger partial charge in [-0.25, -0.2) is 0 Å². The zero-order chi connectivity index (χ0) is 33.3. The third-order valence-corrected chi connectivity index (χ3v) is 9.86. The predicted octanol–water partition coefficient (Wildman–Crippen LogP) is 5.10. The molecule has 0 amide bonds. The molecular weight excluding hydrogens is 699 g/mol. The summed E-state index contributed by atoms with van der Waals surface area (Å²) in [5, 5.41) is 0. The van der Waals surface area contributed by atoms with Crippen LogP contribution in [0.15, 0.2) is 95.8 Å². The molecular formula is C40H49IN2O4. The van der Waals surface area contributed by atoms with Crippen LogP contribution < -0.4 is 28.9 Å². The number of halogens is 1. The van der Waals surface area contributed by atoms with Crippen LogP contribution in [0.2, 0.25) is 0 Å². The van der Waals surface area contributed by atoms with Gasteiger partial charge in [0.1, 0.15) is 6.54 Å². The number of carbonyl (C=O) groups excluding carboxylic acids is 2. The number of allylic oxidation sites excluding steroid dienone is 8. The predicted molar refractivity (Wildman–Crippen MR) is 186 cm³/mol. The van der Waals surface area contributed by atoms with Gasteiger partial charge < -0.3 is 38.4 Å². The second-order valence-corrected chi connectivity index (χ2v) is 13.4. The zero-order valence-electron chi connectivity index (χ0n) is 29.2. The van der Waals surface area contributed by atoms with Gasteiger partial charge in [-0.3, -0.25) is 9.59 Å². The highest BCUT2D eigenvalue weighted by molar-refractivity contribution is 6.04. The summed E-state index contributed by atoms with van der Waals surface area (Å²) in [6.07, 6.45) is 11.0. The van der Waals surface area contributed by atoms with E-state index in [1.165, 1.54) is 33.9 Å². The van der Waals surface area contributed by atoms with Crippen molar-refractivity contribution in [3.05, 3.63) is 107 Å². The van der Waals surface area contributed by atoms with E-state index >= 15 is 0 Å². The third kappa shape index (κ3) is 6.40. The maximum absolute atomic E-state index is 13.7. The summed E-state index contributed by atoms with van der Waals surface area (Å²) >= 11 is 0. The van der Waals surface area contributed by atoms with Crippen LogP contribution in [0.1, 0.15) is 79.4 Å². The van der Waals surface area contributed by atoms with Crippen LogP contribution in [0.5, 0.6) is 0 Å². The number of rotatable bonds is 9. The van der Waals surface area contributed by atoms with Crippen LogP contribution in [-0.2, 0) is 29.9 Å². The maximum atomic E-state index is 13.7. The second-order valence-electron chi connectivity index (χ2n) is 13.4. The molecule has 0 fully saturated rings. The van der Waals surface area contributed by atoms with Crippen molar-refractivity contribution < 1.29 is 47.6 Å². The Labute approximate surface area is 297 Å². The van der Waals surface area contributed by atoms with E-state index in [1.807, 2.05) is 0 Å². The number of likely N-dealkylation sites (N-methyl/N-ethyl adjacent to an activating group) is 1. The molecule has 2 aliphatic heterocycles. The Balaban J connectivity index is 0.00000500. The van der Waals surface area contributed by atoms with Crippen molar-refractivity contribution in [1.82, 2.24) is 0 Å². The van der Waals surface area contributed by atoms with Crippen LogP contribution in [0.3, 0.4) is 0 Å². The number of anilines is 1. The molecule has 47 heavy (non-hydrogen) atoms. The minimum atomic E-state index is -1.47. The van der Waals surface area contributed by atoms with Crippen molar-refractivity contribution in [2.24, 2.45) is 5.41 Å². The normalized spacial score (nSPS) is 20.6. The lowest BCUT2D eigenvalue weighted by Crippen LogP contribution is -3.00. The Morgan fingerprint density at radius 3 is 2.04 bits per heavy atom. The summed E-state index contributed by atoms with van der Waals surface area (Å²) < 4.78 is 13.5. The standard InChI is InChI=1S/C40H49N2O4.HI/c1-9-41-32-19-15-13-17-30(32)38(5,6)34(41)23-21-28-25-29(27-40(26-28,36(43)45-11-3)37(44)46-12-4)22-24-35-39(7,8)31-18-14-16-20-33(31)42(35)10-2;/h13-25H,9-12,26-27H2,1-8H3;1H/q+1;/p-1. The van der Waals surface area contributed by atoms with Crippen molar-refractivity contribution in [2.75, 3.05) is 31.2 Å². The number of hydrogen-bond donors (Lipinski definition) is 0. The van der Waals surface area contributed by atoms with Crippen LogP contribution in [-0.4, -0.2) is 48.5 Å². The molecule has 0 atom stereocenters. The summed E-state index contributed by atoms with van der Waals surface area (Å²) in [5.41, 5.74) is 7.26. The molecule has 1 aliphatic carbocycles. The summed E-state index contributed by atoms with van der Waals surface area (Å²) in [6, 6.07) is 17.1. The Morgan fingerprint density at radius 1 is 0.809 bits per heavy atom. The molecule has 0 aromatic heterocycles. The molecule has 0 N–H and O–H groups in total. The molecule has 7 heteroatoms. The first-order valence-corrected chi connectivity index (χ1v) is 16.7. The first kappa shape index (κ1) is 36.4. The van der Waals surface area contributed by atoms with Crippen LogP contribution in [0.4, 0.5) is 11.4 Å². The molecule has 2 aromatic rings. The molecule has 0 radical (unpaired) electrons. The van der Waals surface area contributed by atoms with Gasteiger partial charge in [0.25, 0.3) is 0 Å². The van der Waals surface area contributed by atoms with Gasteiger partial charge in [-0.1, -0.05) is 68.5 Å². The highest BCUT2D eigenvalue weighted by Gasteiger charge is 2.51. The van der Waals surface area contributed by atoms with E-state index in [9.17, 15) is 9.59 Å². The topological polar surface area (TPSA) is 58.9 Å². The first-order valence-electron chi connectivity index (χ1n) is 16.7. The number of fused-ring (bicyclic) bond motifs is 2. The highest BCUT2D eigenvalue weighted by atomic mass is 127. The lowest BCUT2D eigenvalue weighted by Gasteiger charge is -2.33. The van der Waals surface area contributed by atoms with E-state index < -0.39 is 17.4 Å². The van der Waals surface area contributed by atoms with E-state index in [0.717, 1.165) is 24.2 Å². The number of esters is 2. The average molecular weight is 749 g/mol. The Kier molecular flexibility index (Phi) is 11.1. The summed E-state index contributed by atoms with van der Waals surface area (Å²) in [5.74, 6) is -1.07. The van der Waals surface area contributed by atoms with E-state index in [0.29, 0.717) is 0 Å². The van der Waals surface area contributed by atoms with E-state index in [4.69, 9.17) is 9.47 Å². The lowest BCUT2D eigenvalue weighted by atomic mass is 9.71. The number of benzene rings is 2. The Hall–Kier alpha value is -3.46. The maximum Gasteiger partial charge on any atom is 0.324 e. The minimum Gasteiger partial charge on any atom is -1.00 e. The van der Waals surface area contributed by atoms with Gasteiger partial charge in [-0.15, -0.1) is 0 Å². The number of para-hydroxylation sites is 2. The summed E-state index contributed by atoms with van der Waals surface area (Å²) in [4.78, 5) is 29.8. The van der Waals surface area contributed by atoms with Gasteiger partial charge >= 0.3 is 11.9 Å². The van der Waals surface area contributed by atoms with Crippen molar-refractivity contribution in [3.63, 3.8) is 0 Å². The summed E-state index contributed by atoms with van der Waals surface area (Å²) in [6.45, 7) is 18.9. The van der Waals surface area contributed by atoms with Crippen LogP contribution >= 0.6 is 0 Å². The van der Waals surface area contributed by atoms with Gasteiger partial charge in [-0.2, -0.15) is 4.58 Å². The quantitative estimate of drug-likeness (QED) is 0.155. The largest absolute Gasteiger partial charge is 1.00 e.